The minimum atomic E-state index is -0.0894. The second-order valence-electron chi connectivity index (χ2n) is 7.10. The fourth-order valence-corrected chi connectivity index (χ4v) is 3.22. The zero-order valence-corrected chi connectivity index (χ0v) is 18.5. The third-order valence-electron chi connectivity index (χ3n) is 4.57. The molecular formula is C21H32ClN5O. The molecule has 1 aromatic carbocycles. The number of rotatable bonds is 8. The van der Waals surface area contributed by atoms with E-state index in [4.69, 9.17) is 16.3 Å². The molecule has 1 heterocycles. The van der Waals surface area contributed by atoms with Gasteiger partial charge in [-0.25, -0.2) is 4.99 Å². The number of nitrogens with zero attached hydrogens (tertiary/aromatic N) is 3. The summed E-state index contributed by atoms with van der Waals surface area (Å²) in [6.07, 6.45) is 0.801. The normalized spacial score (nSPS) is 13.9. The quantitative estimate of drug-likeness (QED) is 0.519. The highest BCUT2D eigenvalue weighted by molar-refractivity contribution is 6.32. The predicted octanol–water partition coefficient (Wildman–Crippen LogP) is 3.64. The van der Waals surface area contributed by atoms with Gasteiger partial charge < -0.3 is 15.4 Å². The number of benzene rings is 1. The molecule has 2 N–H and O–H groups in total. The van der Waals surface area contributed by atoms with Gasteiger partial charge in [0.05, 0.1) is 17.3 Å². The number of nitrogens with one attached hydrogen (secondary N) is 2. The van der Waals surface area contributed by atoms with Crippen molar-refractivity contribution in [1.82, 2.24) is 20.4 Å². The lowest BCUT2D eigenvalue weighted by atomic mass is 10.1. The van der Waals surface area contributed by atoms with Gasteiger partial charge in [-0.2, -0.15) is 5.10 Å². The first kappa shape index (κ1) is 22.1. The van der Waals surface area contributed by atoms with E-state index in [2.05, 4.69) is 48.4 Å². The maximum atomic E-state index is 6.16. The van der Waals surface area contributed by atoms with Crippen molar-refractivity contribution in [1.29, 1.82) is 0 Å². The lowest BCUT2D eigenvalue weighted by molar-refractivity contribution is 0.230. The number of guanidine groups is 1. The molecule has 0 aliphatic carbocycles. The summed E-state index contributed by atoms with van der Waals surface area (Å²) in [6.45, 7) is 11.7. The number of halogens is 1. The third kappa shape index (κ3) is 6.16. The standard InChI is InChI=1S/C21H32ClN5O/c1-7-23-21(24-13-15(3)28-20-11-9-8-10-19(20)22)25-14(2)12-18-16(4)26-27(6)17(18)5/h8-11,14-15H,7,12-13H2,1-6H3,(H2,23,24,25). The van der Waals surface area contributed by atoms with E-state index < -0.39 is 0 Å². The van der Waals surface area contributed by atoms with Crippen LogP contribution in [0.5, 0.6) is 5.75 Å². The minimum absolute atomic E-state index is 0.0894. The van der Waals surface area contributed by atoms with Gasteiger partial charge in [-0.05, 0) is 58.7 Å². The molecule has 154 valence electrons. The highest BCUT2D eigenvalue weighted by Crippen LogP contribution is 2.24. The Morgan fingerprint density at radius 1 is 1.29 bits per heavy atom. The Hall–Kier alpha value is -2.21. The fourth-order valence-electron chi connectivity index (χ4n) is 3.04. The van der Waals surface area contributed by atoms with Gasteiger partial charge in [0.1, 0.15) is 11.9 Å². The first-order valence-corrected chi connectivity index (χ1v) is 10.1. The summed E-state index contributed by atoms with van der Waals surface area (Å²) in [4.78, 5) is 4.68. The highest BCUT2D eigenvalue weighted by atomic mass is 35.5. The summed E-state index contributed by atoms with van der Waals surface area (Å²) >= 11 is 6.16. The summed E-state index contributed by atoms with van der Waals surface area (Å²) in [5, 5.41) is 11.9. The van der Waals surface area contributed by atoms with Crippen LogP contribution in [0.15, 0.2) is 29.3 Å². The number of hydrogen-bond acceptors (Lipinski definition) is 3. The Bertz CT molecular complexity index is 802. The summed E-state index contributed by atoms with van der Waals surface area (Å²) in [5.41, 5.74) is 3.57. The predicted molar refractivity (Wildman–Crippen MR) is 117 cm³/mol. The average Bonchev–Trinajstić information content (AvgIpc) is 2.88. The van der Waals surface area contributed by atoms with E-state index in [1.165, 1.54) is 11.3 Å². The Balaban J connectivity index is 1.96. The van der Waals surface area contributed by atoms with Gasteiger partial charge in [0, 0.05) is 25.3 Å². The fraction of sp³-hybridized carbons (Fsp3) is 0.524. The van der Waals surface area contributed by atoms with E-state index in [9.17, 15) is 0 Å². The molecule has 28 heavy (non-hydrogen) atoms. The molecule has 0 radical (unpaired) electrons. The minimum Gasteiger partial charge on any atom is -0.487 e. The van der Waals surface area contributed by atoms with Crippen molar-refractivity contribution in [3.8, 4) is 5.75 Å². The molecular weight excluding hydrogens is 374 g/mol. The van der Waals surface area contributed by atoms with Crippen molar-refractivity contribution >= 4 is 17.6 Å². The van der Waals surface area contributed by atoms with Crippen LogP contribution in [0.1, 0.15) is 37.7 Å². The van der Waals surface area contributed by atoms with Crippen LogP contribution in [0.25, 0.3) is 0 Å². The summed E-state index contributed by atoms with van der Waals surface area (Å²) in [5.74, 6) is 1.46. The molecule has 2 atom stereocenters. The molecule has 0 saturated carbocycles. The lowest BCUT2D eigenvalue weighted by Gasteiger charge is -2.19. The van der Waals surface area contributed by atoms with Crippen molar-refractivity contribution in [3.63, 3.8) is 0 Å². The molecule has 0 spiro atoms. The molecule has 0 fully saturated rings. The van der Waals surface area contributed by atoms with Gasteiger partial charge in [-0.3, -0.25) is 4.68 Å². The third-order valence-corrected chi connectivity index (χ3v) is 4.88. The summed E-state index contributed by atoms with van der Waals surface area (Å²) in [6, 6.07) is 7.71. The summed E-state index contributed by atoms with van der Waals surface area (Å²) < 4.78 is 7.84. The van der Waals surface area contributed by atoms with Crippen molar-refractivity contribution in [3.05, 3.63) is 46.2 Å². The van der Waals surface area contributed by atoms with Crippen LogP contribution >= 0.6 is 11.6 Å². The van der Waals surface area contributed by atoms with Crippen LogP contribution in [0, 0.1) is 13.8 Å². The Kier molecular flexibility index (Phi) is 8.18. The second-order valence-corrected chi connectivity index (χ2v) is 7.51. The molecule has 0 bridgehead atoms. The zero-order valence-electron chi connectivity index (χ0n) is 17.7. The van der Waals surface area contributed by atoms with Crippen LogP contribution in [0.4, 0.5) is 0 Å². The second kappa shape index (κ2) is 10.4. The molecule has 0 saturated heterocycles. The first-order valence-electron chi connectivity index (χ1n) is 9.76. The molecule has 2 unspecified atom stereocenters. The number of aliphatic imine (C=N–C) groups is 1. The Labute approximate surface area is 173 Å². The molecule has 7 heteroatoms. The van der Waals surface area contributed by atoms with Crippen LogP contribution in [0.3, 0.4) is 0 Å². The van der Waals surface area contributed by atoms with Crippen LogP contribution in [-0.4, -0.2) is 41.0 Å². The van der Waals surface area contributed by atoms with Crippen molar-refractivity contribution in [2.45, 2.75) is 53.2 Å². The van der Waals surface area contributed by atoms with Gasteiger partial charge in [0.2, 0.25) is 0 Å². The van der Waals surface area contributed by atoms with Crippen LogP contribution < -0.4 is 15.4 Å². The van der Waals surface area contributed by atoms with Crippen LogP contribution in [0.2, 0.25) is 5.02 Å². The molecule has 2 rings (SSSR count). The van der Waals surface area contributed by atoms with E-state index >= 15 is 0 Å². The number of aromatic nitrogens is 2. The number of hydrogen-bond donors (Lipinski definition) is 2. The molecule has 1 aromatic heterocycles. The maximum Gasteiger partial charge on any atom is 0.191 e. The van der Waals surface area contributed by atoms with E-state index in [0.717, 1.165) is 24.6 Å². The highest BCUT2D eigenvalue weighted by Gasteiger charge is 2.14. The number of aryl methyl sites for hydroxylation is 2. The summed E-state index contributed by atoms with van der Waals surface area (Å²) in [7, 11) is 1.98. The average molecular weight is 406 g/mol. The van der Waals surface area contributed by atoms with Crippen molar-refractivity contribution in [2.24, 2.45) is 12.0 Å². The largest absolute Gasteiger partial charge is 0.487 e. The molecule has 0 amide bonds. The van der Waals surface area contributed by atoms with E-state index in [1.54, 1.807) is 0 Å². The van der Waals surface area contributed by atoms with Gasteiger partial charge in [-0.15, -0.1) is 0 Å². The van der Waals surface area contributed by atoms with Crippen molar-refractivity contribution in [2.75, 3.05) is 13.1 Å². The molecule has 0 aliphatic heterocycles. The first-order chi connectivity index (χ1) is 13.3. The number of para-hydroxylation sites is 1. The van der Waals surface area contributed by atoms with Gasteiger partial charge in [-0.1, -0.05) is 23.7 Å². The Morgan fingerprint density at radius 2 is 2.00 bits per heavy atom. The van der Waals surface area contributed by atoms with Gasteiger partial charge >= 0.3 is 0 Å². The maximum absolute atomic E-state index is 6.16. The van der Waals surface area contributed by atoms with E-state index in [0.29, 0.717) is 17.3 Å². The smallest absolute Gasteiger partial charge is 0.191 e. The number of ether oxygens (including phenoxy) is 1. The van der Waals surface area contributed by atoms with Gasteiger partial charge in [0.15, 0.2) is 5.96 Å². The topological polar surface area (TPSA) is 63.5 Å². The van der Waals surface area contributed by atoms with Crippen molar-refractivity contribution < 1.29 is 4.74 Å². The van der Waals surface area contributed by atoms with E-state index in [-0.39, 0.29) is 12.1 Å². The lowest BCUT2D eigenvalue weighted by Crippen LogP contribution is -2.43. The van der Waals surface area contributed by atoms with E-state index in [1.807, 2.05) is 42.9 Å². The monoisotopic (exact) mass is 405 g/mol. The zero-order chi connectivity index (χ0) is 20.7. The molecule has 2 aromatic rings. The Morgan fingerprint density at radius 3 is 2.61 bits per heavy atom. The van der Waals surface area contributed by atoms with Gasteiger partial charge in [0.25, 0.3) is 0 Å². The molecule has 6 nitrogen and oxygen atoms in total. The molecule has 0 aliphatic rings. The van der Waals surface area contributed by atoms with Crippen LogP contribution in [-0.2, 0) is 13.5 Å². The SMILES string of the molecule is CCNC(=NCC(C)Oc1ccccc1Cl)NC(C)Cc1c(C)nn(C)c1C.